The Bertz CT molecular complexity index is 557. The van der Waals surface area contributed by atoms with Gasteiger partial charge in [-0.25, -0.2) is 9.37 Å². The molecular formula is C14H18FN3. The van der Waals surface area contributed by atoms with E-state index in [1.54, 1.807) is 0 Å². The van der Waals surface area contributed by atoms with Crippen molar-refractivity contribution >= 4 is 11.0 Å². The molecule has 3 nitrogen and oxygen atoms in total. The molecule has 1 aliphatic carbocycles. The molecule has 18 heavy (non-hydrogen) atoms. The zero-order chi connectivity index (χ0) is 12.5. The number of halogens is 1. The van der Waals surface area contributed by atoms with Crippen molar-refractivity contribution in [3.05, 3.63) is 29.8 Å². The van der Waals surface area contributed by atoms with Gasteiger partial charge in [-0.05, 0) is 45.0 Å². The van der Waals surface area contributed by atoms with Gasteiger partial charge < -0.3 is 9.88 Å². The molecule has 1 aromatic heterocycles. The maximum Gasteiger partial charge on any atom is 0.125 e. The predicted octanol–water partition coefficient (Wildman–Crippen LogP) is 2.66. The van der Waals surface area contributed by atoms with Crippen molar-refractivity contribution in [1.82, 2.24) is 14.9 Å². The Balaban J connectivity index is 1.98. The summed E-state index contributed by atoms with van der Waals surface area (Å²) in [5.74, 6) is 0.901. The average Bonchev–Trinajstić information content (AvgIpc) is 3.12. The fourth-order valence-corrected chi connectivity index (χ4v) is 2.46. The third kappa shape index (κ3) is 2.12. The van der Waals surface area contributed by atoms with Crippen molar-refractivity contribution in [2.75, 3.05) is 13.6 Å². The van der Waals surface area contributed by atoms with Crippen LogP contribution in [-0.4, -0.2) is 23.1 Å². The van der Waals surface area contributed by atoms with Crippen molar-refractivity contribution in [3.8, 4) is 0 Å². The number of hydrogen-bond acceptors (Lipinski definition) is 2. The van der Waals surface area contributed by atoms with E-state index >= 15 is 0 Å². The highest BCUT2D eigenvalue weighted by atomic mass is 19.1. The van der Waals surface area contributed by atoms with E-state index < -0.39 is 0 Å². The molecule has 0 radical (unpaired) electrons. The van der Waals surface area contributed by atoms with Crippen LogP contribution in [0.15, 0.2) is 18.2 Å². The smallest absolute Gasteiger partial charge is 0.125 e. The summed E-state index contributed by atoms with van der Waals surface area (Å²) in [6.45, 7) is 0.988. The number of nitrogens with zero attached hydrogens (tertiary/aromatic N) is 2. The van der Waals surface area contributed by atoms with Crippen LogP contribution in [0.5, 0.6) is 0 Å². The minimum absolute atomic E-state index is 0.204. The summed E-state index contributed by atoms with van der Waals surface area (Å²) in [5.41, 5.74) is 1.87. The van der Waals surface area contributed by atoms with Crippen LogP contribution >= 0.6 is 0 Å². The van der Waals surface area contributed by atoms with E-state index in [0.29, 0.717) is 6.04 Å². The average molecular weight is 247 g/mol. The number of imidazole rings is 1. The van der Waals surface area contributed by atoms with Gasteiger partial charge in [0.1, 0.15) is 11.6 Å². The van der Waals surface area contributed by atoms with Gasteiger partial charge in [0.15, 0.2) is 0 Å². The van der Waals surface area contributed by atoms with Crippen LogP contribution in [0.25, 0.3) is 11.0 Å². The Morgan fingerprint density at radius 3 is 3.00 bits per heavy atom. The number of fused-ring (bicyclic) bond motifs is 1. The van der Waals surface area contributed by atoms with Gasteiger partial charge in [0, 0.05) is 18.5 Å². The monoisotopic (exact) mass is 247 g/mol. The first kappa shape index (κ1) is 11.7. The van der Waals surface area contributed by atoms with E-state index in [9.17, 15) is 4.39 Å². The highest BCUT2D eigenvalue weighted by Crippen LogP contribution is 2.38. The number of benzene rings is 1. The molecule has 1 heterocycles. The molecule has 1 aliphatic rings. The largest absolute Gasteiger partial charge is 0.325 e. The topological polar surface area (TPSA) is 29.9 Å². The minimum Gasteiger partial charge on any atom is -0.325 e. The SMILES string of the molecule is CNCCCc1nc2cc(F)ccc2n1C1CC1. The molecule has 0 atom stereocenters. The van der Waals surface area contributed by atoms with Gasteiger partial charge in [-0.3, -0.25) is 0 Å². The van der Waals surface area contributed by atoms with Gasteiger partial charge in [0.25, 0.3) is 0 Å². The normalized spacial score (nSPS) is 15.4. The summed E-state index contributed by atoms with van der Waals surface area (Å²) in [7, 11) is 1.96. The molecule has 96 valence electrons. The number of nitrogens with one attached hydrogen (secondary N) is 1. The quantitative estimate of drug-likeness (QED) is 0.823. The molecular weight excluding hydrogens is 229 g/mol. The Morgan fingerprint density at radius 1 is 1.44 bits per heavy atom. The van der Waals surface area contributed by atoms with Crippen LogP contribution in [0, 0.1) is 5.82 Å². The van der Waals surface area contributed by atoms with Gasteiger partial charge >= 0.3 is 0 Å². The first-order valence-corrected chi connectivity index (χ1v) is 6.60. The van der Waals surface area contributed by atoms with Gasteiger partial charge in [-0.2, -0.15) is 0 Å². The molecule has 3 rings (SSSR count). The second kappa shape index (κ2) is 4.69. The van der Waals surface area contributed by atoms with Crippen LogP contribution in [0.4, 0.5) is 4.39 Å². The highest BCUT2D eigenvalue weighted by Gasteiger charge is 2.27. The van der Waals surface area contributed by atoms with Crippen molar-refractivity contribution in [3.63, 3.8) is 0 Å². The lowest BCUT2D eigenvalue weighted by Gasteiger charge is -2.07. The second-order valence-corrected chi connectivity index (χ2v) is 4.97. The first-order valence-electron chi connectivity index (χ1n) is 6.60. The Kier molecular flexibility index (Phi) is 3.04. The zero-order valence-electron chi connectivity index (χ0n) is 10.6. The standard InChI is InChI=1S/C14H18FN3/c1-16-8-2-3-14-17-12-9-10(15)4-7-13(12)18(14)11-5-6-11/h4,7,9,11,16H,2-3,5-6,8H2,1H3. The molecule has 4 heteroatoms. The van der Waals surface area contributed by atoms with E-state index in [2.05, 4.69) is 14.9 Å². The lowest BCUT2D eigenvalue weighted by Crippen LogP contribution is -2.10. The maximum atomic E-state index is 13.2. The van der Waals surface area contributed by atoms with E-state index in [-0.39, 0.29) is 5.82 Å². The predicted molar refractivity (Wildman–Crippen MR) is 70.2 cm³/mol. The number of hydrogen-bond donors (Lipinski definition) is 1. The van der Waals surface area contributed by atoms with E-state index in [4.69, 9.17) is 0 Å². The number of aryl methyl sites for hydroxylation is 1. The van der Waals surface area contributed by atoms with Crippen molar-refractivity contribution < 1.29 is 4.39 Å². The molecule has 1 fully saturated rings. The van der Waals surface area contributed by atoms with Crippen LogP contribution < -0.4 is 5.32 Å². The van der Waals surface area contributed by atoms with E-state index in [1.165, 1.54) is 25.0 Å². The molecule has 0 spiro atoms. The van der Waals surface area contributed by atoms with Gasteiger partial charge in [-0.1, -0.05) is 0 Å². The van der Waals surface area contributed by atoms with E-state index in [0.717, 1.165) is 36.2 Å². The van der Waals surface area contributed by atoms with Gasteiger partial charge in [-0.15, -0.1) is 0 Å². The summed E-state index contributed by atoms with van der Waals surface area (Å²) in [6, 6.07) is 5.51. The summed E-state index contributed by atoms with van der Waals surface area (Å²) in [4.78, 5) is 4.60. The molecule has 0 amide bonds. The Morgan fingerprint density at radius 2 is 2.28 bits per heavy atom. The third-order valence-electron chi connectivity index (χ3n) is 3.46. The first-order chi connectivity index (χ1) is 8.79. The molecule has 1 N–H and O–H groups in total. The Labute approximate surface area is 106 Å². The summed E-state index contributed by atoms with van der Waals surface area (Å²) >= 11 is 0. The molecule has 0 saturated heterocycles. The minimum atomic E-state index is -0.204. The third-order valence-corrected chi connectivity index (χ3v) is 3.46. The molecule has 0 unspecified atom stereocenters. The van der Waals surface area contributed by atoms with E-state index in [1.807, 2.05) is 13.1 Å². The van der Waals surface area contributed by atoms with Crippen LogP contribution in [0.1, 0.15) is 31.1 Å². The van der Waals surface area contributed by atoms with Crippen molar-refractivity contribution in [1.29, 1.82) is 0 Å². The number of rotatable bonds is 5. The molecule has 0 bridgehead atoms. The van der Waals surface area contributed by atoms with Gasteiger partial charge in [0.2, 0.25) is 0 Å². The summed E-state index contributed by atoms with van der Waals surface area (Å²) < 4.78 is 15.6. The van der Waals surface area contributed by atoms with Crippen molar-refractivity contribution in [2.24, 2.45) is 0 Å². The Hall–Kier alpha value is -1.42. The molecule has 2 aromatic rings. The molecule has 1 aromatic carbocycles. The summed E-state index contributed by atoms with van der Waals surface area (Å²) in [5, 5.41) is 3.15. The molecule has 0 aliphatic heterocycles. The number of aromatic nitrogens is 2. The van der Waals surface area contributed by atoms with Crippen LogP contribution in [-0.2, 0) is 6.42 Å². The van der Waals surface area contributed by atoms with Crippen LogP contribution in [0.3, 0.4) is 0 Å². The summed E-state index contributed by atoms with van der Waals surface area (Å²) in [6.07, 6.45) is 4.46. The highest BCUT2D eigenvalue weighted by molar-refractivity contribution is 5.76. The van der Waals surface area contributed by atoms with Crippen molar-refractivity contribution in [2.45, 2.75) is 31.7 Å². The lowest BCUT2D eigenvalue weighted by molar-refractivity contribution is 0.629. The van der Waals surface area contributed by atoms with Gasteiger partial charge in [0.05, 0.1) is 11.0 Å². The fourth-order valence-electron chi connectivity index (χ4n) is 2.46. The fraction of sp³-hybridized carbons (Fsp3) is 0.500. The molecule has 1 saturated carbocycles. The zero-order valence-corrected chi connectivity index (χ0v) is 10.6. The lowest BCUT2D eigenvalue weighted by atomic mass is 10.3. The second-order valence-electron chi connectivity index (χ2n) is 4.97. The maximum absolute atomic E-state index is 13.2. The van der Waals surface area contributed by atoms with Crippen LogP contribution in [0.2, 0.25) is 0 Å².